The van der Waals surface area contributed by atoms with Crippen molar-refractivity contribution in [2.45, 2.75) is 25.0 Å². The van der Waals surface area contributed by atoms with Crippen LogP contribution in [0.2, 0.25) is 0 Å². The van der Waals surface area contributed by atoms with Gasteiger partial charge in [-0.15, -0.1) is 0 Å². The van der Waals surface area contributed by atoms with E-state index < -0.39 is 5.60 Å². The average molecular weight is 464 g/mol. The lowest BCUT2D eigenvalue weighted by molar-refractivity contribution is -0.0136. The Kier molecular flexibility index (Phi) is 6.07. The molecule has 0 aromatic heterocycles. The predicted octanol–water partition coefficient (Wildman–Crippen LogP) is 6.36. The van der Waals surface area contributed by atoms with Crippen LogP contribution < -0.4 is 0 Å². The molecule has 1 heterocycles. The van der Waals surface area contributed by atoms with Crippen molar-refractivity contribution in [1.29, 1.82) is 10.7 Å². The summed E-state index contributed by atoms with van der Waals surface area (Å²) < 4.78 is 20.1. The van der Waals surface area contributed by atoms with Crippen LogP contribution in [-0.4, -0.2) is 24.3 Å². The van der Waals surface area contributed by atoms with Gasteiger partial charge in [-0.25, -0.2) is 4.39 Å². The summed E-state index contributed by atoms with van der Waals surface area (Å²) in [6.45, 7) is 1.08. The molecule has 0 fully saturated rings. The van der Waals surface area contributed by atoms with Gasteiger partial charge in [0.15, 0.2) is 0 Å². The molecule has 174 valence electrons. The summed E-state index contributed by atoms with van der Waals surface area (Å²) in [6, 6.07) is 28.6. The monoisotopic (exact) mass is 463 g/mol. The molecule has 0 saturated carbocycles. The Balaban J connectivity index is 1.36. The molecule has 4 aromatic carbocycles. The summed E-state index contributed by atoms with van der Waals surface area (Å²) in [5.41, 5.74) is 3.69. The van der Waals surface area contributed by atoms with Gasteiger partial charge < -0.3 is 9.64 Å². The van der Waals surface area contributed by atoms with E-state index in [1.54, 1.807) is 12.1 Å². The molecule has 0 saturated heterocycles. The summed E-state index contributed by atoms with van der Waals surface area (Å²) >= 11 is 0. The van der Waals surface area contributed by atoms with Crippen LogP contribution in [0.1, 0.15) is 40.7 Å². The third kappa shape index (κ3) is 4.29. The van der Waals surface area contributed by atoms with E-state index in [1.165, 1.54) is 12.1 Å². The molecule has 1 unspecified atom stereocenters. The molecular weight excluding hydrogens is 437 g/mol. The van der Waals surface area contributed by atoms with E-state index >= 15 is 0 Å². The summed E-state index contributed by atoms with van der Waals surface area (Å²) in [7, 11) is 1.94. The van der Waals surface area contributed by atoms with Crippen LogP contribution in [0.15, 0.2) is 84.9 Å². The molecule has 0 spiro atoms. The summed E-state index contributed by atoms with van der Waals surface area (Å²) in [4.78, 5) is 1.96. The van der Waals surface area contributed by atoms with E-state index in [0.717, 1.165) is 39.4 Å². The van der Waals surface area contributed by atoms with Gasteiger partial charge in [0.1, 0.15) is 17.3 Å². The third-order valence-electron chi connectivity index (χ3n) is 6.88. The van der Waals surface area contributed by atoms with Crippen LogP contribution in [0, 0.1) is 22.6 Å². The fourth-order valence-electron chi connectivity index (χ4n) is 5.00. The summed E-state index contributed by atoms with van der Waals surface area (Å²) in [5.74, 6) is 0.184. The van der Waals surface area contributed by atoms with Crippen LogP contribution in [0.4, 0.5) is 4.39 Å². The first-order valence-corrected chi connectivity index (χ1v) is 11.7. The molecule has 0 amide bonds. The topological polar surface area (TPSA) is 60.1 Å². The zero-order valence-corrected chi connectivity index (χ0v) is 19.6. The number of rotatable bonds is 6. The molecule has 0 aliphatic carbocycles. The molecule has 1 atom stereocenters. The highest BCUT2D eigenvalue weighted by atomic mass is 19.1. The largest absolute Gasteiger partial charge is 0.361 e. The van der Waals surface area contributed by atoms with Crippen molar-refractivity contribution in [1.82, 2.24) is 4.90 Å². The quantitative estimate of drug-likeness (QED) is 0.267. The highest BCUT2D eigenvalue weighted by molar-refractivity contribution is 6.00. The fraction of sp³-hybridized carbons (Fsp3) is 0.200. The Morgan fingerprint density at radius 3 is 2.57 bits per heavy atom. The van der Waals surface area contributed by atoms with Crippen molar-refractivity contribution < 1.29 is 9.13 Å². The highest BCUT2D eigenvalue weighted by Crippen LogP contribution is 2.45. The van der Waals surface area contributed by atoms with Gasteiger partial charge in [-0.1, -0.05) is 54.6 Å². The van der Waals surface area contributed by atoms with E-state index in [-0.39, 0.29) is 5.82 Å². The maximum absolute atomic E-state index is 13.7. The molecule has 5 rings (SSSR count). The van der Waals surface area contributed by atoms with Gasteiger partial charge in [-0.3, -0.25) is 5.41 Å². The van der Waals surface area contributed by atoms with Crippen LogP contribution >= 0.6 is 0 Å². The average Bonchev–Trinajstić information content (AvgIpc) is 3.26. The van der Waals surface area contributed by atoms with E-state index in [9.17, 15) is 9.65 Å². The lowest BCUT2D eigenvalue weighted by Gasteiger charge is -2.31. The van der Waals surface area contributed by atoms with Crippen LogP contribution in [0.3, 0.4) is 0 Å². The van der Waals surface area contributed by atoms with Gasteiger partial charge in [-0.2, -0.15) is 5.26 Å². The molecule has 35 heavy (non-hydrogen) atoms. The van der Waals surface area contributed by atoms with Gasteiger partial charge >= 0.3 is 0 Å². The van der Waals surface area contributed by atoms with E-state index in [2.05, 4.69) is 30.3 Å². The molecular formula is C30H26FN3O. The standard InChI is InChI=1S/C30H26FN3O/c1-34(29(33)24-9-8-22-5-2-3-6-23(22)18-24)16-4-15-30(26-10-12-27(31)13-11-26)28-14-7-21(19-32)17-25(28)20-35-30/h2-3,5-14,17-18,33H,4,15-16,20H2,1H3. The zero-order chi connectivity index (χ0) is 24.4. The molecule has 5 heteroatoms. The Labute approximate surface area is 204 Å². The number of fused-ring (bicyclic) bond motifs is 2. The van der Waals surface area contributed by atoms with Crippen molar-refractivity contribution >= 4 is 16.6 Å². The molecule has 4 nitrogen and oxygen atoms in total. The van der Waals surface area contributed by atoms with E-state index in [4.69, 9.17) is 10.1 Å². The second-order valence-corrected chi connectivity index (χ2v) is 9.04. The SMILES string of the molecule is CN(CCCC1(c2ccc(F)cc2)OCc2cc(C#N)ccc21)C(=N)c1ccc2ccccc2c1. The van der Waals surface area contributed by atoms with Crippen LogP contribution in [0.5, 0.6) is 0 Å². The predicted molar refractivity (Wildman–Crippen MR) is 136 cm³/mol. The molecule has 0 radical (unpaired) electrons. The molecule has 1 aliphatic rings. The van der Waals surface area contributed by atoms with E-state index in [1.807, 2.05) is 48.3 Å². The summed E-state index contributed by atoms with van der Waals surface area (Å²) in [6.07, 6.45) is 1.44. The number of nitrogens with one attached hydrogen (secondary N) is 1. The van der Waals surface area contributed by atoms with Gasteiger partial charge in [0, 0.05) is 19.2 Å². The number of nitriles is 1. The minimum Gasteiger partial charge on any atom is -0.361 e. The number of benzene rings is 4. The lowest BCUT2D eigenvalue weighted by Crippen LogP contribution is -2.31. The van der Waals surface area contributed by atoms with Crippen molar-refractivity contribution in [3.05, 3.63) is 119 Å². The number of nitrogens with zero attached hydrogens (tertiary/aromatic N) is 2. The lowest BCUT2D eigenvalue weighted by atomic mass is 9.81. The highest BCUT2D eigenvalue weighted by Gasteiger charge is 2.41. The second-order valence-electron chi connectivity index (χ2n) is 9.04. The molecule has 0 bridgehead atoms. The van der Waals surface area contributed by atoms with Gasteiger partial charge in [-0.05, 0) is 70.6 Å². The summed E-state index contributed by atoms with van der Waals surface area (Å²) in [5, 5.41) is 20.3. The Morgan fingerprint density at radius 2 is 1.80 bits per heavy atom. The first-order valence-electron chi connectivity index (χ1n) is 11.7. The Morgan fingerprint density at radius 1 is 1.03 bits per heavy atom. The first-order chi connectivity index (χ1) is 17.0. The minimum absolute atomic E-state index is 0.287. The van der Waals surface area contributed by atoms with Crippen LogP contribution in [-0.2, 0) is 16.9 Å². The maximum atomic E-state index is 13.7. The molecule has 4 aromatic rings. The molecule has 1 aliphatic heterocycles. The first kappa shape index (κ1) is 22.8. The van der Waals surface area contributed by atoms with E-state index in [0.29, 0.717) is 31.0 Å². The Bertz CT molecular complexity index is 1440. The maximum Gasteiger partial charge on any atom is 0.127 e. The smallest absolute Gasteiger partial charge is 0.127 e. The number of ether oxygens (including phenoxy) is 1. The number of hydrogen-bond donors (Lipinski definition) is 1. The van der Waals surface area contributed by atoms with Crippen molar-refractivity contribution in [2.75, 3.05) is 13.6 Å². The minimum atomic E-state index is -0.705. The second kappa shape index (κ2) is 9.32. The third-order valence-corrected chi connectivity index (χ3v) is 6.88. The van der Waals surface area contributed by atoms with Crippen LogP contribution in [0.25, 0.3) is 10.8 Å². The number of halogens is 1. The fourth-order valence-corrected chi connectivity index (χ4v) is 5.00. The van der Waals surface area contributed by atoms with Gasteiger partial charge in [0.25, 0.3) is 0 Å². The Hall–Kier alpha value is -4.01. The van der Waals surface area contributed by atoms with Crippen molar-refractivity contribution in [2.24, 2.45) is 0 Å². The normalized spacial score (nSPS) is 16.6. The molecule has 1 N–H and O–H groups in total. The van der Waals surface area contributed by atoms with Crippen molar-refractivity contribution in [3.8, 4) is 6.07 Å². The van der Waals surface area contributed by atoms with Crippen molar-refractivity contribution in [3.63, 3.8) is 0 Å². The number of hydrogen-bond acceptors (Lipinski definition) is 3. The number of amidine groups is 1. The van der Waals surface area contributed by atoms with Gasteiger partial charge in [0.05, 0.1) is 18.2 Å². The zero-order valence-electron chi connectivity index (χ0n) is 19.6. The van der Waals surface area contributed by atoms with Gasteiger partial charge in [0.2, 0.25) is 0 Å².